The molecule has 0 amide bonds. The van der Waals surface area contributed by atoms with Gasteiger partial charge in [-0.15, -0.1) is 0 Å². The maximum Gasteiger partial charge on any atom is 0.365 e. The second-order valence-corrected chi connectivity index (χ2v) is 6.56. The van der Waals surface area contributed by atoms with E-state index in [0.717, 1.165) is 7.11 Å². The van der Waals surface area contributed by atoms with Crippen LogP contribution in [0.4, 0.5) is 8.78 Å². The van der Waals surface area contributed by atoms with Crippen LogP contribution in [0, 0.1) is 5.92 Å². The van der Waals surface area contributed by atoms with Crippen LogP contribution in [0.2, 0.25) is 0 Å². The number of aryl methyl sites for hydroxylation is 1. The van der Waals surface area contributed by atoms with E-state index in [1.165, 1.54) is 0 Å². The van der Waals surface area contributed by atoms with Gasteiger partial charge >= 0.3 is 11.4 Å². The lowest BCUT2D eigenvalue weighted by molar-refractivity contribution is 0.0561. The van der Waals surface area contributed by atoms with E-state index >= 15 is 0 Å². The third kappa shape index (κ3) is 4.63. The molecule has 1 aromatic rings. The normalized spacial score (nSPS) is 11.7. The van der Waals surface area contributed by atoms with Gasteiger partial charge in [0, 0.05) is 0 Å². The summed E-state index contributed by atoms with van der Waals surface area (Å²) in [5.74, 6) is -1.06. The molecule has 0 aromatic carbocycles. The maximum atomic E-state index is 13.9. The van der Waals surface area contributed by atoms with Crippen molar-refractivity contribution in [1.29, 1.82) is 0 Å². The Morgan fingerprint density at radius 2 is 1.88 bits per heavy atom. The number of carbonyl (C=O) groups is 2. The van der Waals surface area contributed by atoms with Gasteiger partial charge in [-0.3, -0.25) is 4.79 Å². The van der Waals surface area contributed by atoms with Crippen LogP contribution in [0.5, 0.6) is 0 Å². The van der Waals surface area contributed by atoms with Crippen LogP contribution in [0.25, 0.3) is 0 Å². The average Bonchev–Trinajstić information content (AvgIpc) is 2.44. The van der Waals surface area contributed by atoms with Crippen LogP contribution in [0.15, 0.2) is 0 Å². The Balaban J connectivity index is 3.95. The highest BCUT2D eigenvalue weighted by Gasteiger charge is 2.39. The molecule has 0 saturated heterocycles. The van der Waals surface area contributed by atoms with E-state index in [9.17, 15) is 18.4 Å². The Kier molecular flexibility index (Phi) is 7.10. The fourth-order valence-electron chi connectivity index (χ4n) is 2.48. The predicted molar refractivity (Wildman–Crippen MR) is 88.0 cm³/mol. The molecule has 0 spiro atoms. The van der Waals surface area contributed by atoms with E-state index in [1.807, 2.05) is 13.8 Å². The predicted octanol–water partition coefficient (Wildman–Crippen LogP) is 4.69. The first-order chi connectivity index (χ1) is 11.0. The van der Waals surface area contributed by atoms with Crippen molar-refractivity contribution in [3.63, 3.8) is 0 Å². The van der Waals surface area contributed by atoms with Crippen molar-refractivity contribution in [1.82, 2.24) is 4.98 Å². The molecular weight excluding hydrogens is 363 g/mol. The molecule has 0 atom stereocenters. The number of aromatic nitrogens is 1. The molecule has 0 aliphatic carbocycles. The molecule has 0 fully saturated rings. The van der Waals surface area contributed by atoms with E-state index in [2.05, 4.69) is 9.72 Å². The molecule has 134 valence electrons. The van der Waals surface area contributed by atoms with Gasteiger partial charge in [0.05, 0.1) is 23.9 Å². The lowest BCUT2D eigenvalue weighted by Crippen LogP contribution is -2.23. The van der Waals surface area contributed by atoms with Gasteiger partial charge in [-0.2, -0.15) is 8.78 Å². The molecule has 1 heterocycles. The standard InChI is InChI=1S/C16H19Cl2F2NO3/c1-5-6-10-11(14(17)22)9(7-8(2)3)12(15(23)24-4)13(21-10)16(18,19)20/h8H,5-7H2,1-4H3. The summed E-state index contributed by atoms with van der Waals surface area (Å²) < 4.78 is 32.3. The van der Waals surface area contributed by atoms with Gasteiger partial charge in [-0.05, 0) is 47.5 Å². The Hall–Kier alpha value is -1.27. The van der Waals surface area contributed by atoms with Crippen LogP contribution >= 0.6 is 23.2 Å². The van der Waals surface area contributed by atoms with Crippen molar-refractivity contribution < 1.29 is 23.1 Å². The Bertz CT molecular complexity index is 643. The van der Waals surface area contributed by atoms with Gasteiger partial charge < -0.3 is 4.74 Å². The third-order valence-electron chi connectivity index (χ3n) is 3.33. The zero-order valence-electron chi connectivity index (χ0n) is 13.9. The van der Waals surface area contributed by atoms with Crippen molar-refractivity contribution in [2.45, 2.75) is 45.4 Å². The van der Waals surface area contributed by atoms with Crippen molar-refractivity contribution in [3.8, 4) is 0 Å². The average molecular weight is 382 g/mol. The van der Waals surface area contributed by atoms with E-state index < -0.39 is 27.9 Å². The number of alkyl halides is 3. The number of hydrogen-bond acceptors (Lipinski definition) is 4. The summed E-state index contributed by atoms with van der Waals surface area (Å²) in [5, 5.41) is -4.73. The van der Waals surface area contributed by atoms with Crippen LogP contribution in [0.3, 0.4) is 0 Å². The smallest absolute Gasteiger partial charge is 0.365 e. The third-order valence-corrected chi connectivity index (χ3v) is 3.70. The molecular formula is C16H19Cl2F2NO3. The highest BCUT2D eigenvalue weighted by molar-refractivity contribution is 6.68. The van der Waals surface area contributed by atoms with Gasteiger partial charge in [-0.25, -0.2) is 9.78 Å². The fourth-order valence-corrected chi connectivity index (χ4v) is 2.84. The molecule has 8 heteroatoms. The molecule has 0 saturated carbocycles. The van der Waals surface area contributed by atoms with Crippen LogP contribution in [0.1, 0.15) is 64.9 Å². The lowest BCUT2D eigenvalue weighted by Gasteiger charge is -2.21. The van der Waals surface area contributed by atoms with Gasteiger partial charge in [0.25, 0.3) is 5.24 Å². The number of ether oxygens (including phenoxy) is 1. The number of hydrogen-bond donors (Lipinski definition) is 0. The molecule has 0 aliphatic rings. The fraction of sp³-hybridized carbons (Fsp3) is 0.562. The molecule has 24 heavy (non-hydrogen) atoms. The van der Waals surface area contributed by atoms with Crippen LogP contribution < -0.4 is 0 Å². The minimum absolute atomic E-state index is 0.0164. The molecule has 0 aliphatic heterocycles. The van der Waals surface area contributed by atoms with Gasteiger partial charge in [0.15, 0.2) is 0 Å². The summed E-state index contributed by atoms with van der Waals surface area (Å²) in [5.41, 5.74) is -1.20. The van der Waals surface area contributed by atoms with E-state index in [-0.39, 0.29) is 35.6 Å². The summed E-state index contributed by atoms with van der Waals surface area (Å²) in [6, 6.07) is 0. The Morgan fingerprint density at radius 1 is 1.29 bits per heavy atom. The number of rotatable bonds is 7. The summed E-state index contributed by atoms with van der Waals surface area (Å²) in [6.07, 6.45) is 0.980. The minimum atomic E-state index is -3.88. The molecule has 0 radical (unpaired) electrons. The zero-order valence-corrected chi connectivity index (χ0v) is 15.4. The number of halogens is 4. The van der Waals surface area contributed by atoms with Crippen molar-refractivity contribution >= 4 is 34.4 Å². The first-order valence-corrected chi connectivity index (χ1v) is 8.21. The second-order valence-electron chi connectivity index (χ2n) is 5.75. The quantitative estimate of drug-likeness (QED) is 0.390. The number of esters is 1. The molecule has 0 N–H and O–H groups in total. The number of pyridine rings is 1. The van der Waals surface area contributed by atoms with Crippen molar-refractivity contribution in [2.75, 3.05) is 7.11 Å². The summed E-state index contributed by atoms with van der Waals surface area (Å²) in [4.78, 5) is 27.8. The topological polar surface area (TPSA) is 56.3 Å². The monoisotopic (exact) mass is 381 g/mol. The highest BCUT2D eigenvalue weighted by atomic mass is 35.5. The van der Waals surface area contributed by atoms with E-state index in [0.29, 0.717) is 6.42 Å². The lowest BCUT2D eigenvalue weighted by atomic mass is 9.90. The summed E-state index contributed by atoms with van der Waals surface area (Å²) in [7, 11) is 1.06. The second kappa shape index (κ2) is 8.21. The van der Waals surface area contributed by atoms with E-state index in [4.69, 9.17) is 23.2 Å². The SMILES string of the molecule is CCCc1nc(C(F)(F)Cl)c(C(=O)OC)c(CC(C)C)c1C(=O)Cl. The van der Waals surface area contributed by atoms with Crippen LogP contribution in [-0.4, -0.2) is 23.3 Å². The largest absolute Gasteiger partial charge is 0.465 e. The highest BCUT2D eigenvalue weighted by Crippen LogP contribution is 2.38. The Labute approximate surface area is 149 Å². The van der Waals surface area contributed by atoms with Crippen molar-refractivity contribution in [3.05, 3.63) is 28.1 Å². The van der Waals surface area contributed by atoms with Gasteiger partial charge in [0.1, 0.15) is 5.69 Å². The summed E-state index contributed by atoms with van der Waals surface area (Å²) >= 11 is 10.8. The summed E-state index contributed by atoms with van der Waals surface area (Å²) in [6.45, 7) is 5.45. The first-order valence-electron chi connectivity index (χ1n) is 7.45. The molecule has 0 bridgehead atoms. The molecule has 1 rings (SSSR count). The van der Waals surface area contributed by atoms with Gasteiger partial charge in [-0.1, -0.05) is 27.2 Å². The molecule has 1 aromatic heterocycles. The van der Waals surface area contributed by atoms with E-state index in [1.54, 1.807) is 6.92 Å². The van der Waals surface area contributed by atoms with Gasteiger partial charge in [0.2, 0.25) is 0 Å². The zero-order chi connectivity index (χ0) is 18.7. The Morgan fingerprint density at radius 3 is 2.25 bits per heavy atom. The molecule has 0 unspecified atom stereocenters. The number of nitrogens with zero attached hydrogens (tertiary/aromatic N) is 1. The van der Waals surface area contributed by atoms with Crippen LogP contribution in [-0.2, 0) is 23.0 Å². The number of methoxy groups -OCH3 is 1. The minimum Gasteiger partial charge on any atom is -0.465 e. The van der Waals surface area contributed by atoms with Crippen molar-refractivity contribution in [2.24, 2.45) is 5.92 Å². The maximum absolute atomic E-state index is 13.9. The number of carbonyl (C=O) groups excluding carboxylic acids is 2. The first kappa shape index (κ1) is 20.8. The molecule has 4 nitrogen and oxygen atoms in total.